The molecule has 42 heavy (non-hydrogen) atoms. The third-order valence-corrected chi connectivity index (χ3v) is 8.14. The average molecular weight is 584 g/mol. The predicted octanol–water partition coefficient (Wildman–Crippen LogP) is 5.49. The first kappa shape index (κ1) is 35.4. The number of aryl methyl sites for hydroxylation is 4. The van der Waals surface area contributed by atoms with Crippen molar-refractivity contribution in [3.63, 3.8) is 0 Å². The topological polar surface area (TPSA) is 79.9 Å². The number of ether oxygens (including phenoxy) is 2. The van der Waals surface area contributed by atoms with Crippen molar-refractivity contribution >= 4 is 23.2 Å². The minimum absolute atomic E-state index is 0.00279. The van der Waals surface area contributed by atoms with Crippen molar-refractivity contribution in [1.82, 2.24) is 4.90 Å². The molecule has 8 nitrogen and oxygen atoms in total. The second-order valence-electron chi connectivity index (χ2n) is 11.3. The molecule has 2 aromatic rings. The standard InChI is InChI=1S/C34H54N4O4/c1-8-11-18-37(25-31(39)35-33-27(4)14-12-15-28(33)5)19-21-41-23-24-42-22-20-38(9-2,10-3)26-32(40)36-34-29(6)16-13-17-30(34)7/h12-17H,8-11,18-26H2,1-7H3,(H-,35,36,39,40)/p+1. The Kier molecular flexibility index (Phi) is 15.8. The highest BCUT2D eigenvalue weighted by Gasteiger charge is 2.27. The molecule has 0 spiro atoms. The summed E-state index contributed by atoms with van der Waals surface area (Å²) in [5, 5.41) is 6.23. The summed E-state index contributed by atoms with van der Waals surface area (Å²) < 4.78 is 12.4. The number of likely N-dealkylation sites (N-methyl/N-ethyl adjacent to an activating group) is 1. The summed E-state index contributed by atoms with van der Waals surface area (Å²) in [7, 11) is 0. The lowest BCUT2D eigenvalue weighted by atomic mass is 10.1. The largest absolute Gasteiger partial charge is 0.378 e. The van der Waals surface area contributed by atoms with Crippen LogP contribution in [-0.4, -0.2) is 93.4 Å². The number of nitrogens with zero attached hydrogens (tertiary/aromatic N) is 2. The number of para-hydroxylation sites is 2. The van der Waals surface area contributed by atoms with Gasteiger partial charge >= 0.3 is 0 Å². The number of nitrogens with one attached hydrogen (secondary N) is 2. The second-order valence-corrected chi connectivity index (χ2v) is 11.3. The molecule has 0 radical (unpaired) electrons. The Hall–Kier alpha value is -2.78. The molecule has 2 amide bonds. The predicted molar refractivity (Wildman–Crippen MR) is 173 cm³/mol. The molecule has 0 atom stereocenters. The third kappa shape index (κ3) is 11.8. The lowest BCUT2D eigenvalue weighted by molar-refractivity contribution is -0.917. The molecule has 8 heteroatoms. The lowest BCUT2D eigenvalue weighted by Crippen LogP contribution is -2.53. The van der Waals surface area contributed by atoms with Crippen molar-refractivity contribution in [2.75, 3.05) is 82.9 Å². The number of benzene rings is 2. The minimum atomic E-state index is 0.00279. The number of hydrogen-bond acceptors (Lipinski definition) is 5. The minimum Gasteiger partial charge on any atom is -0.378 e. The zero-order chi connectivity index (χ0) is 31.0. The van der Waals surface area contributed by atoms with Crippen molar-refractivity contribution in [2.45, 2.75) is 61.3 Å². The highest BCUT2D eigenvalue weighted by atomic mass is 16.5. The summed E-state index contributed by atoms with van der Waals surface area (Å²) in [5.74, 6) is 0.0396. The number of anilines is 2. The smallest absolute Gasteiger partial charge is 0.279 e. The summed E-state index contributed by atoms with van der Waals surface area (Å²) in [4.78, 5) is 27.9. The van der Waals surface area contributed by atoms with Gasteiger partial charge in [-0.25, -0.2) is 0 Å². The Morgan fingerprint density at radius 1 is 0.714 bits per heavy atom. The Bertz CT molecular complexity index is 1080. The van der Waals surface area contributed by atoms with Crippen LogP contribution in [0, 0.1) is 27.7 Å². The monoisotopic (exact) mass is 583 g/mol. The zero-order valence-corrected chi connectivity index (χ0v) is 27.2. The maximum atomic E-state index is 12.9. The van der Waals surface area contributed by atoms with Gasteiger partial charge in [0.2, 0.25) is 5.91 Å². The van der Waals surface area contributed by atoms with E-state index >= 15 is 0 Å². The normalized spacial score (nSPS) is 11.6. The van der Waals surface area contributed by atoms with Crippen LogP contribution in [0.5, 0.6) is 0 Å². The maximum Gasteiger partial charge on any atom is 0.279 e. The maximum absolute atomic E-state index is 12.9. The van der Waals surface area contributed by atoms with Gasteiger partial charge in [0.05, 0.1) is 46.1 Å². The van der Waals surface area contributed by atoms with Crippen molar-refractivity contribution in [3.05, 3.63) is 58.7 Å². The van der Waals surface area contributed by atoms with Crippen LogP contribution in [0.1, 0.15) is 55.9 Å². The molecule has 2 aromatic carbocycles. The van der Waals surface area contributed by atoms with Gasteiger partial charge in [0.15, 0.2) is 6.54 Å². The van der Waals surface area contributed by atoms with Crippen LogP contribution >= 0.6 is 0 Å². The molecule has 0 heterocycles. The van der Waals surface area contributed by atoms with Crippen LogP contribution < -0.4 is 10.6 Å². The fraction of sp³-hybridized carbons (Fsp3) is 0.588. The average Bonchev–Trinajstić information content (AvgIpc) is 2.96. The van der Waals surface area contributed by atoms with E-state index in [9.17, 15) is 9.59 Å². The molecule has 0 fully saturated rings. The molecule has 0 bridgehead atoms. The second kappa shape index (κ2) is 18.7. The molecule has 0 saturated heterocycles. The molecule has 0 aromatic heterocycles. The van der Waals surface area contributed by atoms with Crippen molar-refractivity contribution in [3.8, 4) is 0 Å². The van der Waals surface area contributed by atoms with E-state index < -0.39 is 0 Å². The Morgan fingerprint density at radius 2 is 1.21 bits per heavy atom. The first-order valence-electron chi connectivity index (χ1n) is 15.6. The van der Waals surface area contributed by atoms with E-state index in [4.69, 9.17) is 9.47 Å². The van der Waals surface area contributed by atoms with E-state index in [-0.39, 0.29) is 11.8 Å². The Morgan fingerprint density at radius 3 is 1.71 bits per heavy atom. The molecule has 0 unspecified atom stereocenters. The summed E-state index contributed by atoms with van der Waals surface area (Å²) in [6, 6.07) is 12.1. The van der Waals surface area contributed by atoms with E-state index in [1.54, 1.807) is 0 Å². The van der Waals surface area contributed by atoms with Gasteiger partial charge in [-0.15, -0.1) is 0 Å². The molecular weight excluding hydrogens is 528 g/mol. The Labute approximate surface area is 254 Å². The molecule has 0 aliphatic carbocycles. The van der Waals surface area contributed by atoms with Gasteiger partial charge in [-0.2, -0.15) is 0 Å². The van der Waals surface area contributed by atoms with Gasteiger partial charge in [-0.1, -0.05) is 49.7 Å². The number of carbonyl (C=O) groups is 2. The van der Waals surface area contributed by atoms with E-state index in [1.165, 1.54) is 0 Å². The van der Waals surface area contributed by atoms with E-state index in [0.29, 0.717) is 50.5 Å². The molecule has 0 aliphatic rings. The quantitative estimate of drug-likeness (QED) is 0.159. The van der Waals surface area contributed by atoms with Gasteiger partial charge in [0.25, 0.3) is 5.91 Å². The molecule has 0 aliphatic heterocycles. The summed E-state index contributed by atoms with van der Waals surface area (Å²) in [6.45, 7) is 21.4. The number of rotatable bonds is 20. The van der Waals surface area contributed by atoms with E-state index in [0.717, 1.165) is 72.6 Å². The number of quaternary nitrogens is 1. The van der Waals surface area contributed by atoms with Gasteiger partial charge in [0, 0.05) is 17.9 Å². The summed E-state index contributed by atoms with van der Waals surface area (Å²) in [6.07, 6.45) is 2.11. The first-order chi connectivity index (χ1) is 20.1. The van der Waals surface area contributed by atoms with Gasteiger partial charge in [0.1, 0.15) is 6.54 Å². The van der Waals surface area contributed by atoms with Crippen LogP contribution in [-0.2, 0) is 19.1 Å². The van der Waals surface area contributed by atoms with Gasteiger partial charge in [-0.3, -0.25) is 14.5 Å². The fourth-order valence-corrected chi connectivity index (χ4v) is 5.16. The van der Waals surface area contributed by atoms with Crippen LogP contribution in [0.4, 0.5) is 11.4 Å². The number of carbonyl (C=O) groups excluding carboxylic acids is 2. The van der Waals surface area contributed by atoms with Crippen molar-refractivity contribution in [2.24, 2.45) is 0 Å². The summed E-state index contributed by atoms with van der Waals surface area (Å²) in [5.41, 5.74) is 6.11. The van der Waals surface area contributed by atoms with Crippen LogP contribution in [0.3, 0.4) is 0 Å². The van der Waals surface area contributed by atoms with Crippen LogP contribution in [0.2, 0.25) is 0 Å². The van der Waals surface area contributed by atoms with Crippen molar-refractivity contribution < 1.29 is 23.5 Å². The highest BCUT2D eigenvalue weighted by molar-refractivity contribution is 5.94. The lowest BCUT2D eigenvalue weighted by Gasteiger charge is -2.36. The van der Waals surface area contributed by atoms with E-state index in [2.05, 4.69) is 36.3 Å². The first-order valence-corrected chi connectivity index (χ1v) is 15.6. The molecular formula is C34H55N4O4+. The number of hydrogen-bond donors (Lipinski definition) is 2. The van der Waals surface area contributed by atoms with Crippen LogP contribution in [0.25, 0.3) is 0 Å². The number of amides is 2. The summed E-state index contributed by atoms with van der Waals surface area (Å²) >= 11 is 0. The molecule has 234 valence electrons. The van der Waals surface area contributed by atoms with Crippen molar-refractivity contribution in [1.29, 1.82) is 0 Å². The number of unbranched alkanes of at least 4 members (excludes halogenated alkanes) is 1. The molecule has 0 saturated carbocycles. The molecule has 2 N–H and O–H groups in total. The van der Waals surface area contributed by atoms with Gasteiger partial charge in [-0.05, 0) is 76.8 Å². The van der Waals surface area contributed by atoms with E-state index in [1.807, 2.05) is 64.1 Å². The zero-order valence-electron chi connectivity index (χ0n) is 27.2. The van der Waals surface area contributed by atoms with Gasteiger partial charge < -0.3 is 24.6 Å². The van der Waals surface area contributed by atoms with Crippen LogP contribution in [0.15, 0.2) is 36.4 Å². The Balaban J connectivity index is 1.72. The molecule has 2 rings (SSSR count). The highest BCUT2D eigenvalue weighted by Crippen LogP contribution is 2.20. The third-order valence-electron chi connectivity index (χ3n) is 8.14. The SMILES string of the molecule is CCCCN(CCOCCOCC[N+](CC)(CC)CC(=O)Nc1c(C)cccc1C)CC(=O)Nc1c(C)cccc1C. The fourth-order valence-electron chi connectivity index (χ4n) is 5.16.